The van der Waals surface area contributed by atoms with Crippen molar-refractivity contribution in [3.8, 4) is 0 Å². The van der Waals surface area contributed by atoms with E-state index in [2.05, 4.69) is 20.3 Å². The third-order valence-electron chi connectivity index (χ3n) is 4.79. The Morgan fingerprint density at radius 3 is 2.39 bits per heavy atom. The molecule has 3 rings (SSSR count). The molecule has 1 atom stereocenters. The van der Waals surface area contributed by atoms with Crippen molar-refractivity contribution in [1.82, 2.24) is 20.3 Å². The number of aryl methyl sites for hydroxylation is 2. The lowest BCUT2D eigenvalue weighted by molar-refractivity contribution is -0.140. The Hall–Kier alpha value is -3.86. The van der Waals surface area contributed by atoms with Gasteiger partial charge in [-0.3, -0.25) is 19.4 Å². The number of hydrogen-bond acceptors (Lipinski definition) is 6. The van der Waals surface area contributed by atoms with Crippen LogP contribution in [0.3, 0.4) is 0 Å². The average molecular weight is 479 g/mol. The summed E-state index contributed by atoms with van der Waals surface area (Å²) in [6.07, 6.45) is 2.27. The molecule has 0 aliphatic carbocycles. The molecule has 12 heteroatoms. The van der Waals surface area contributed by atoms with Gasteiger partial charge in [-0.25, -0.2) is 4.79 Å². The first kappa shape index (κ1) is 27.2. The van der Waals surface area contributed by atoms with Crippen molar-refractivity contribution in [2.75, 3.05) is 5.73 Å². The summed E-state index contributed by atoms with van der Waals surface area (Å²) >= 11 is 0. The lowest BCUT2D eigenvalue weighted by Crippen LogP contribution is -3.00. The number of nitrogens with zero attached hydrogens (tertiary/aromatic N) is 1. The van der Waals surface area contributed by atoms with E-state index < -0.39 is 23.9 Å². The number of aliphatic carboxylic acids is 2. The van der Waals surface area contributed by atoms with Crippen molar-refractivity contribution in [3.63, 3.8) is 0 Å². The molecule has 1 amide bonds. The number of nitrogen functional groups attached to an aromatic ring is 1. The van der Waals surface area contributed by atoms with Crippen molar-refractivity contribution in [2.45, 2.75) is 39.2 Å². The third kappa shape index (κ3) is 6.81. The number of aromatic nitrogens is 3. The number of H-pyrrole nitrogens is 2. The fourth-order valence-corrected chi connectivity index (χ4v) is 3.19. The molecule has 0 bridgehead atoms. The SMILES string of the molecule is C.Nc1nc2[nH]cc(CCc3ccc(C(=O)N[C@@H](CCC(=O)O)C(=O)O)cc3)c2c(=O)[nH]1.[Cl-]. The van der Waals surface area contributed by atoms with E-state index in [1.807, 2.05) is 0 Å². The van der Waals surface area contributed by atoms with Gasteiger partial charge in [0.25, 0.3) is 11.5 Å². The van der Waals surface area contributed by atoms with Crippen LogP contribution in [-0.4, -0.2) is 49.1 Å². The number of anilines is 1. The van der Waals surface area contributed by atoms with Crippen LogP contribution in [0.1, 0.15) is 41.8 Å². The molecule has 33 heavy (non-hydrogen) atoms. The number of rotatable bonds is 9. The largest absolute Gasteiger partial charge is 1.00 e. The maximum Gasteiger partial charge on any atom is 0.326 e. The van der Waals surface area contributed by atoms with Crippen LogP contribution in [0, 0.1) is 0 Å². The number of amides is 1. The highest BCUT2D eigenvalue weighted by molar-refractivity contribution is 5.96. The summed E-state index contributed by atoms with van der Waals surface area (Å²) in [5.41, 5.74) is 7.59. The molecular weight excluding hydrogens is 454 g/mol. The number of hydrogen-bond donors (Lipinski definition) is 6. The molecule has 0 saturated heterocycles. The summed E-state index contributed by atoms with van der Waals surface area (Å²) < 4.78 is 0. The van der Waals surface area contributed by atoms with Crippen LogP contribution in [0.2, 0.25) is 0 Å². The molecule has 2 heterocycles. The van der Waals surface area contributed by atoms with Crippen LogP contribution in [0.15, 0.2) is 35.3 Å². The Kier molecular flexibility index (Phi) is 9.61. The van der Waals surface area contributed by atoms with E-state index in [1.54, 1.807) is 30.5 Å². The highest BCUT2D eigenvalue weighted by Gasteiger charge is 2.21. The van der Waals surface area contributed by atoms with E-state index in [4.69, 9.17) is 15.9 Å². The Morgan fingerprint density at radius 2 is 1.79 bits per heavy atom. The molecule has 1 aromatic carbocycles. The summed E-state index contributed by atoms with van der Waals surface area (Å²) in [5, 5.41) is 20.6. The second-order valence-electron chi connectivity index (χ2n) is 6.98. The number of carboxylic acids is 2. The topological polar surface area (TPSA) is 191 Å². The zero-order chi connectivity index (χ0) is 22.5. The first-order chi connectivity index (χ1) is 14.7. The highest BCUT2D eigenvalue weighted by Crippen LogP contribution is 2.16. The Morgan fingerprint density at radius 1 is 1.12 bits per heavy atom. The molecule has 0 aliphatic rings. The number of nitrogens with two attached hydrogens (primary N) is 1. The van der Waals surface area contributed by atoms with E-state index in [9.17, 15) is 19.2 Å². The molecule has 7 N–H and O–H groups in total. The van der Waals surface area contributed by atoms with Crippen molar-refractivity contribution < 1.29 is 37.0 Å². The molecule has 11 nitrogen and oxygen atoms in total. The number of benzene rings is 1. The van der Waals surface area contributed by atoms with Crippen molar-refractivity contribution in [1.29, 1.82) is 0 Å². The van der Waals surface area contributed by atoms with E-state index in [1.165, 1.54) is 0 Å². The normalized spacial score (nSPS) is 11.2. The van der Waals surface area contributed by atoms with E-state index in [0.29, 0.717) is 23.9 Å². The molecule has 3 aromatic rings. The van der Waals surface area contributed by atoms with Gasteiger partial charge >= 0.3 is 11.9 Å². The van der Waals surface area contributed by atoms with Gasteiger partial charge in [-0.1, -0.05) is 19.6 Å². The number of fused-ring (bicyclic) bond motifs is 1. The lowest BCUT2D eigenvalue weighted by Gasteiger charge is -2.13. The zero-order valence-electron chi connectivity index (χ0n) is 16.7. The number of carbonyl (C=O) groups excluding carboxylic acids is 1. The first-order valence-corrected chi connectivity index (χ1v) is 9.44. The fraction of sp³-hybridized carbons (Fsp3) is 0.286. The second kappa shape index (κ2) is 11.7. The van der Waals surface area contributed by atoms with E-state index >= 15 is 0 Å². The van der Waals surface area contributed by atoms with Crippen LogP contribution in [0.5, 0.6) is 0 Å². The summed E-state index contributed by atoms with van der Waals surface area (Å²) in [7, 11) is 0. The van der Waals surface area contributed by atoms with Gasteiger partial charge in [-0.15, -0.1) is 0 Å². The Balaban J connectivity index is 0.00000272. The summed E-state index contributed by atoms with van der Waals surface area (Å²) in [6, 6.07) is 5.30. The van der Waals surface area contributed by atoms with Crippen molar-refractivity contribution >= 4 is 34.8 Å². The number of aromatic amines is 2. The molecule has 0 saturated carbocycles. The second-order valence-corrected chi connectivity index (χ2v) is 6.98. The highest BCUT2D eigenvalue weighted by atomic mass is 35.5. The quantitative estimate of drug-likeness (QED) is 0.209. The molecule has 0 fully saturated rings. The fourth-order valence-electron chi connectivity index (χ4n) is 3.19. The summed E-state index contributed by atoms with van der Waals surface area (Å²) in [4.78, 5) is 55.7. The molecule has 0 aliphatic heterocycles. The van der Waals surface area contributed by atoms with Gasteiger partial charge < -0.3 is 38.7 Å². The van der Waals surface area contributed by atoms with Crippen LogP contribution in [0.25, 0.3) is 11.0 Å². The monoisotopic (exact) mass is 478 g/mol. The van der Waals surface area contributed by atoms with Gasteiger partial charge in [-0.2, -0.15) is 4.98 Å². The predicted molar refractivity (Wildman–Crippen MR) is 117 cm³/mol. The first-order valence-electron chi connectivity index (χ1n) is 9.44. The maximum atomic E-state index is 12.3. The van der Waals surface area contributed by atoms with Crippen LogP contribution in [0.4, 0.5) is 5.95 Å². The van der Waals surface area contributed by atoms with Gasteiger partial charge in [0.2, 0.25) is 5.95 Å². The standard InChI is InChI=1S/C20H21N5O6.CH4.ClH/c21-20-24-16-15(18(29)25-20)12(9-22-16)6-3-10-1-4-11(5-2-10)17(28)23-13(19(30)31)7-8-14(26)27;;/h1-2,4-5,9,13H,3,6-8H2,(H,23,28)(H,26,27)(H,30,31)(H4,21,22,24,25,29);1H4;1H/p-1/t13-;;/m0../s1. The smallest absolute Gasteiger partial charge is 0.326 e. The molecule has 2 aromatic heterocycles. The number of nitrogens with one attached hydrogen (secondary N) is 3. The van der Waals surface area contributed by atoms with Crippen molar-refractivity contribution in [3.05, 3.63) is 57.5 Å². The number of halogens is 1. The number of carboxylic acid groups (broad SMARTS) is 2. The summed E-state index contributed by atoms with van der Waals surface area (Å²) in [5.74, 6) is -3.00. The Bertz CT molecular complexity index is 1190. The van der Waals surface area contributed by atoms with Crippen LogP contribution in [-0.2, 0) is 22.4 Å². The molecular formula is C21H25ClN5O6-. The predicted octanol–water partition coefficient (Wildman–Crippen LogP) is -1.69. The van der Waals surface area contributed by atoms with Gasteiger partial charge in [0.05, 0.1) is 5.39 Å². The Labute approximate surface area is 194 Å². The zero-order valence-corrected chi connectivity index (χ0v) is 17.5. The van der Waals surface area contributed by atoms with Gasteiger partial charge in [0, 0.05) is 18.2 Å². The third-order valence-corrected chi connectivity index (χ3v) is 4.79. The van der Waals surface area contributed by atoms with E-state index in [-0.39, 0.29) is 49.7 Å². The number of carbonyl (C=O) groups is 3. The van der Waals surface area contributed by atoms with Crippen molar-refractivity contribution in [2.24, 2.45) is 0 Å². The van der Waals surface area contributed by atoms with Gasteiger partial charge in [-0.05, 0) is 42.5 Å². The van der Waals surface area contributed by atoms with E-state index in [0.717, 1.165) is 11.1 Å². The molecule has 0 spiro atoms. The van der Waals surface area contributed by atoms with Crippen LogP contribution >= 0.6 is 0 Å². The van der Waals surface area contributed by atoms with Gasteiger partial charge in [0.1, 0.15) is 11.7 Å². The maximum absolute atomic E-state index is 12.3. The van der Waals surface area contributed by atoms with Crippen LogP contribution < -0.4 is 29.0 Å². The minimum absolute atomic E-state index is 0. The minimum Gasteiger partial charge on any atom is -1.00 e. The molecule has 0 radical (unpaired) electrons. The molecule has 0 unspecified atom stereocenters. The molecule has 178 valence electrons. The minimum atomic E-state index is -1.30. The lowest BCUT2D eigenvalue weighted by atomic mass is 10.0. The summed E-state index contributed by atoms with van der Waals surface area (Å²) in [6.45, 7) is 0. The van der Waals surface area contributed by atoms with Gasteiger partial charge in [0.15, 0.2) is 0 Å². The average Bonchev–Trinajstić information content (AvgIpc) is 3.12.